The van der Waals surface area contributed by atoms with E-state index in [0.717, 1.165) is 5.56 Å². The first-order valence-corrected chi connectivity index (χ1v) is 7.54. The number of hydrogen-bond donors (Lipinski definition) is 2. The van der Waals surface area contributed by atoms with Crippen molar-refractivity contribution in [2.24, 2.45) is 0 Å². The van der Waals surface area contributed by atoms with Crippen LogP contribution in [0.5, 0.6) is 11.5 Å². The Kier molecular flexibility index (Phi) is 3.77. The van der Waals surface area contributed by atoms with Gasteiger partial charge in [-0.15, -0.1) is 10.2 Å². The van der Waals surface area contributed by atoms with Crippen molar-refractivity contribution >= 4 is 11.6 Å². The van der Waals surface area contributed by atoms with Crippen LogP contribution in [-0.4, -0.2) is 22.0 Å². The number of halogens is 1. The quantitative estimate of drug-likeness (QED) is 0.758. The van der Waals surface area contributed by atoms with Gasteiger partial charge in [-0.2, -0.15) is 0 Å². The molecule has 25 heavy (non-hydrogen) atoms. The Morgan fingerprint density at radius 2 is 1.88 bits per heavy atom. The molecule has 1 aliphatic heterocycles. The first kappa shape index (κ1) is 15.1. The zero-order valence-corrected chi connectivity index (χ0v) is 13.0. The molecule has 0 bridgehead atoms. The lowest BCUT2D eigenvalue weighted by atomic mass is 10.1. The minimum atomic E-state index is -0.359. The van der Waals surface area contributed by atoms with Gasteiger partial charge in [-0.3, -0.25) is 9.78 Å². The van der Waals surface area contributed by atoms with Crippen molar-refractivity contribution in [1.82, 2.24) is 15.2 Å². The van der Waals surface area contributed by atoms with E-state index in [4.69, 9.17) is 9.47 Å². The fourth-order valence-corrected chi connectivity index (χ4v) is 2.44. The Balaban J connectivity index is 1.51. The van der Waals surface area contributed by atoms with Crippen LogP contribution < -0.4 is 20.3 Å². The first-order valence-electron chi connectivity index (χ1n) is 7.54. The summed E-state index contributed by atoms with van der Waals surface area (Å²) >= 11 is 0. The second-order valence-electron chi connectivity index (χ2n) is 5.45. The molecule has 0 amide bonds. The normalized spacial score (nSPS) is 12.2. The highest BCUT2D eigenvalue weighted by molar-refractivity contribution is 5.60. The number of aromatic nitrogens is 3. The maximum absolute atomic E-state index is 12.9. The summed E-state index contributed by atoms with van der Waals surface area (Å²) in [5.74, 6) is 1.17. The van der Waals surface area contributed by atoms with E-state index in [1.165, 1.54) is 12.1 Å². The number of H-pyrrole nitrogens is 1. The molecule has 8 heteroatoms. The van der Waals surface area contributed by atoms with E-state index < -0.39 is 0 Å². The van der Waals surface area contributed by atoms with Crippen LogP contribution in [0, 0.1) is 5.82 Å². The van der Waals surface area contributed by atoms with E-state index in [9.17, 15) is 9.18 Å². The third-order valence-electron chi connectivity index (χ3n) is 3.68. The molecule has 3 aromatic rings. The van der Waals surface area contributed by atoms with Crippen LogP contribution in [0.4, 0.5) is 16.0 Å². The van der Waals surface area contributed by atoms with Crippen molar-refractivity contribution in [1.29, 1.82) is 0 Å². The molecule has 2 aromatic carbocycles. The maximum atomic E-state index is 12.9. The fourth-order valence-electron chi connectivity index (χ4n) is 2.44. The molecule has 0 saturated carbocycles. The van der Waals surface area contributed by atoms with E-state index in [1.807, 2.05) is 0 Å². The number of ether oxygens (including phenoxy) is 2. The first-order chi connectivity index (χ1) is 12.2. The van der Waals surface area contributed by atoms with Crippen LogP contribution in [0.2, 0.25) is 0 Å². The summed E-state index contributed by atoms with van der Waals surface area (Å²) in [4.78, 5) is 14.8. The molecule has 0 spiro atoms. The smallest absolute Gasteiger partial charge is 0.274 e. The van der Waals surface area contributed by atoms with Crippen molar-refractivity contribution in [3.8, 4) is 11.5 Å². The van der Waals surface area contributed by atoms with E-state index in [0.29, 0.717) is 17.2 Å². The summed E-state index contributed by atoms with van der Waals surface area (Å²) in [5, 5.41) is 10.9. The molecule has 7 nitrogen and oxygen atoms in total. The predicted octanol–water partition coefficient (Wildman–Crippen LogP) is 2.37. The van der Waals surface area contributed by atoms with Crippen LogP contribution in [0.25, 0.3) is 0 Å². The van der Waals surface area contributed by atoms with Crippen LogP contribution in [0.1, 0.15) is 11.3 Å². The molecule has 0 atom stereocenters. The predicted molar refractivity (Wildman–Crippen MR) is 87.7 cm³/mol. The van der Waals surface area contributed by atoms with Crippen LogP contribution in [-0.2, 0) is 6.42 Å². The molecule has 4 rings (SSSR count). The summed E-state index contributed by atoms with van der Waals surface area (Å²) in [5.41, 5.74) is 1.35. The van der Waals surface area contributed by atoms with E-state index in [1.54, 1.807) is 30.3 Å². The Labute approximate surface area is 141 Å². The molecule has 2 heterocycles. The molecule has 0 unspecified atom stereocenters. The van der Waals surface area contributed by atoms with Gasteiger partial charge in [-0.1, -0.05) is 12.1 Å². The van der Waals surface area contributed by atoms with Gasteiger partial charge in [0, 0.05) is 18.2 Å². The zero-order chi connectivity index (χ0) is 17.2. The van der Waals surface area contributed by atoms with Crippen molar-refractivity contribution in [2.45, 2.75) is 6.42 Å². The Morgan fingerprint density at radius 3 is 2.68 bits per heavy atom. The molecule has 2 N–H and O–H groups in total. The lowest BCUT2D eigenvalue weighted by Crippen LogP contribution is -2.18. The summed E-state index contributed by atoms with van der Waals surface area (Å²) in [6.45, 7) is 0.188. The van der Waals surface area contributed by atoms with Gasteiger partial charge in [0.1, 0.15) is 11.5 Å². The number of anilines is 2. The lowest BCUT2D eigenvalue weighted by Gasteiger charge is -2.06. The average Bonchev–Trinajstić information content (AvgIpc) is 3.07. The van der Waals surface area contributed by atoms with E-state index in [-0.39, 0.29) is 36.2 Å². The molecular weight excluding hydrogens is 327 g/mol. The molecule has 1 aromatic heterocycles. The Morgan fingerprint density at radius 1 is 1.08 bits per heavy atom. The number of aromatic amines is 1. The van der Waals surface area contributed by atoms with Crippen molar-refractivity contribution < 1.29 is 13.9 Å². The summed E-state index contributed by atoms with van der Waals surface area (Å²) < 4.78 is 23.5. The minimum absolute atomic E-state index is 0.188. The number of benzene rings is 2. The van der Waals surface area contributed by atoms with Gasteiger partial charge in [0.15, 0.2) is 11.5 Å². The Hall–Kier alpha value is -3.42. The Bertz CT molecular complexity index is 972. The minimum Gasteiger partial charge on any atom is -0.454 e. The number of fused-ring (bicyclic) bond motifs is 1. The molecule has 0 saturated heterocycles. The van der Waals surface area contributed by atoms with Crippen LogP contribution in [0.15, 0.2) is 47.3 Å². The second-order valence-corrected chi connectivity index (χ2v) is 5.45. The molecular formula is C17H13FN4O3. The van der Waals surface area contributed by atoms with E-state index >= 15 is 0 Å². The van der Waals surface area contributed by atoms with Crippen molar-refractivity contribution in [3.05, 3.63) is 69.9 Å². The summed E-state index contributed by atoms with van der Waals surface area (Å²) in [6.07, 6.45) is 0.271. The molecule has 0 radical (unpaired) electrons. The summed E-state index contributed by atoms with van der Waals surface area (Å²) in [6, 6.07) is 11.2. The third-order valence-corrected chi connectivity index (χ3v) is 3.68. The number of hydrogen-bond acceptors (Lipinski definition) is 6. The molecule has 1 aliphatic rings. The highest BCUT2D eigenvalue weighted by atomic mass is 19.1. The summed E-state index contributed by atoms with van der Waals surface area (Å²) in [7, 11) is 0. The van der Waals surface area contributed by atoms with E-state index in [2.05, 4.69) is 20.5 Å². The molecule has 0 fully saturated rings. The standard InChI is InChI=1S/C17H13FN4O3/c18-11-3-1-10(2-4-11)7-13-16(23)20-17(22-21-13)19-12-5-6-14-15(8-12)25-9-24-14/h1-6,8H,7,9H2,(H2,19,20,22,23). The third kappa shape index (κ3) is 3.27. The van der Waals surface area contributed by atoms with Gasteiger partial charge >= 0.3 is 0 Å². The monoisotopic (exact) mass is 340 g/mol. The van der Waals surface area contributed by atoms with Gasteiger partial charge < -0.3 is 14.8 Å². The van der Waals surface area contributed by atoms with Gasteiger partial charge in [0.2, 0.25) is 12.7 Å². The second kappa shape index (κ2) is 6.23. The van der Waals surface area contributed by atoms with Crippen molar-refractivity contribution in [2.75, 3.05) is 12.1 Å². The van der Waals surface area contributed by atoms with Gasteiger partial charge in [-0.05, 0) is 29.8 Å². The highest BCUT2D eigenvalue weighted by Crippen LogP contribution is 2.34. The van der Waals surface area contributed by atoms with Crippen molar-refractivity contribution in [3.63, 3.8) is 0 Å². The van der Waals surface area contributed by atoms with Crippen LogP contribution >= 0.6 is 0 Å². The lowest BCUT2D eigenvalue weighted by molar-refractivity contribution is 0.174. The number of nitrogens with zero attached hydrogens (tertiary/aromatic N) is 2. The number of rotatable bonds is 4. The molecule has 0 aliphatic carbocycles. The zero-order valence-electron chi connectivity index (χ0n) is 13.0. The number of nitrogens with one attached hydrogen (secondary N) is 2. The van der Waals surface area contributed by atoms with Crippen LogP contribution in [0.3, 0.4) is 0 Å². The fraction of sp³-hybridized carbons (Fsp3) is 0.118. The average molecular weight is 340 g/mol. The molecule has 126 valence electrons. The largest absolute Gasteiger partial charge is 0.454 e. The van der Waals surface area contributed by atoms with Gasteiger partial charge in [0.25, 0.3) is 5.56 Å². The topological polar surface area (TPSA) is 89.1 Å². The SMILES string of the molecule is O=c1[nH]c(Nc2ccc3c(c2)OCO3)nnc1Cc1ccc(F)cc1. The van der Waals surface area contributed by atoms with Gasteiger partial charge in [0.05, 0.1) is 0 Å². The maximum Gasteiger partial charge on any atom is 0.274 e. The van der Waals surface area contributed by atoms with Gasteiger partial charge in [-0.25, -0.2) is 4.39 Å². The highest BCUT2D eigenvalue weighted by Gasteiger charge is 2.14.